The van der Waals surface area contributed by atoms with Gasteiger partial charge in [-0.1, -0.05) is 6.42 Å². The summed E-state index contributed by atoms with van der Waals surface area (Å²) in [6, 6.07) is 0.674. The van der Waals surface area contributed by atoms with E-state index in [1.807, 2.05) is 6.92 Å². The maximum Gasteiger partial charge on any atom is 0.275 e. The van der Waals surface area contributed by atoms with Crippen molar-refractivity contribution in [1.82, 2.24) is 10.6 Å². The highest BCUT2D eigenvalue weighted by molar-refractivity contribution is 5.84. The zero-order valence-electron chi connectivity index (χ0n) is 12.5. The predicted molar refractivity (Wildman–Crippen MR) is 77.4 cm³/mol. The van der Waals surface area contributed by atoms with Gasteiger partial charge in [0.2, 0.25) is 5.91 Å². The topological polar surface area (TPSA) is 62.6 Å². The Morgan fingerprint density at radius 3 is 2.60 bits per heavy atom. The summed E-state index contributed by atoms with van der Waals surface area (Å²) in [4.78, 5) is 24.8. The number of fused-ring (bicyclic) bond motifs is 1. The maximum absolute atomic E-state index is 12.0. The van der Waals surface area contributed by atoms with Crippen molar-refractivity contribution in [2.24, 2.45) is 5.92 Å². The third-order valence-corrected chi connectivity index (χ3v) is 4.71. The van der Waals surface area contributed by atoms with Crippen molar-refractivity contribution < 1.29 is 14.5 Å². The van der Waals surface area contributed by atoms with E-state index in [1.165, 1.54) is 43.4 Å². The van der Waals surface area contributed by atoms with Gasteiger partial charge in [-0.3, -0.25) is 9.59 Å². The van der Waals surface area contributed by atoms with Crippen LogP contribution in [0.5, 0.6) is 0 Å². The van der Waals surface area contributed by atoms with Crippen molar-refractivity contribution in [3.63, 3.8) is 0 Å². The molecule has 0 aromatic rings. The molecule has 2 aliphatic rings. The smallest absolute Gasteiger partial charge is 0.275 e. The van der Waals surface area contributed by atoms with Gasteiger partial charge >= 0.3 is 0 Å². The maximum atomic E-state index is 12.0. The van der Waals surface area contributed by atoms with Crippen molar-refractivity contribution in [3.8, 4) is 0 Å². The van der Waals surface area contributed by atoms with E-state index in [1.54, 1.807) is 0 Å². The van der Waals surface area contributed by atoms with Gasteiger partial charge in [0.15, 0.2) is 6.54 Å². The van der Waals surface area contributed by atoms with E-state index in [0.29, 0.717) is 19.1 Å². The van der Waals surface area contributed by atoms with Crippen LogP contribution in [-0.2, 0) is 9.59 Å². The number of hydrogen-bond acceptors (Lipinski definition) is 2. The summed E-state index contributed by atoms with van der Waals surface area (Å²) in [5, 5.41) is 5.43. The SMILES string of the molecule is CCNC(=O)CNC(=O)C[NH+]1CCC[C@H]2CCCC[C@@H]21. The fourth-order valence-corrected chi connectivity index (χ4v) is 3.79. The third kappa shape index (κ3) is 4.20. The zero-order chi connectivity index (χ0) is 14.4. The van der Waals surface area contributed by atoms with E-state index in [2.05, 4.69) is 10.6 Å². The van der Waals surface area contributed by atoms with Crippen molar-refractivity contribution in [2.75, 3.05) is 26.2 Å². The van der Waals surface area contributed by atoms with E-state index in [-0.39, 0.29) is 18.4 Å². The van der Waals surface area contributed by atoms with Gasteiger partial charge in [0.1, 0.15) is 0 Å². The monoisotopic (exact) mass is 282 g/mol. The molecule has 5 heteroatoms. The number of carbonyl (C=O) groups excluding carboxylic acids is 2. The van der Waals surface area contributed by atoms with Gasteiger partial charge < -0.3 is 15.5 Å². The van der Waals surface area contributed by atoms with E-state index in [4.69, 9.17) is 0 Å². The molecule has 1 saturated heterocycles. The molecule has 20 heavy (non-hydrogen) atoms. The fraction of sp³-hybridized carbons (Fsp3) is 0.867. The van der Waals surface area contributed by atoms with Crippen molar-refractivity contribution in [1.29, 1.82) is 0 Å². The lowest BCUT2D eigenvalue weighted by molar-refractivity contribution is -0.928. The quantitative estimate of drug-likeness (QED) is 0.635. The first-order valence-electron chi connectivity index (χ1n) is 8.08. The van der Waals surface area contributed by atoms with Crippen LogP contribution in [-0.4, -0.2) is 44.0 Å². The third-order valence-electron chi connectivity index (χ3n) is 4.71. The minimum absolute atomic E-state index is 0.0116. The Hall–Kier alpha value is -1.10. The molecular formula is C15H28N3O2+. The summed E-state index contributed by atoms with van der Waals surface area (Å²) in [6.45, 7) is 4.22. The van der Waals surface area contributed by atoms with Gasteiger partial charge in [0.25, 0.3) is 5.91 Å². The molecule has 2 fully saturated rings. The summed E-state index contributed by atoms with van der Waals surface area (Å²) in [6.07, 6.45) is 7.86. The van der Waals surface area contributed by atoms with E-state index in [9.17, 15) is 9.59 Å². The number of quaternary nitrogens is 1. The molecule has 0 radical (unpaired) electrons. The van der Waals surface area contributed by atoms with Gasteiger partial charge in [0, 0.05) is 12.5 Å². The van der Waals surface area contributed by atoms with Crippen LogP contribution in [0.1, 0.15) is 45.4 Å². The van der Waals surface area contributed by atoms with Crippen LogP contribution in [0.4, 0.5) is 0 Å². The van der Waals surface area contributed by atoms with Crippen molar-refractivity contribution in [3.05, 3.63) is 0 Å². The summed E-state index contributed by atoms with van der Waals surface area (Å²) in [5.74, 6) is 0.728. The van der Waals surface area contributed by atoms with E-state index >= 15 is 0 Å². The number of likely N-dealkylation sites (tertiary alicyclic amines) is 1. The minimum Gasteiger partial charge on any atom is -0.355 e. The lowest BCUT2D eigenvalue weighted by atomic mass is 9.78. The zero-order valence-corrected chi connectivity index (χ0v) is 12.5. The Labute approximate surface area is 121 Å². The normalized spacial score (nSPS) is 29.4. The summed E-state index contributed by atoms with van der Waals surface area (Å²) >= 11 is 0. The Balaban J connectivity index is 1.76. The molecule has 0 spiro atoms. The second-order valence-electron chi connectivity index (χ2n) is 6.11. The highest BCUT2D eigenvalue weighted by Crippen LogP contribution is 2.28. The largest absolute Gasteiger partial charge is 0.355 e. The summed E-state index contributed by atoms with van der Waals surface area (Å²) < 4.78 is 0. The number of rotatable bonds is 5. The lowest BCUT2D eigenvalue weighted by Gasteiger charge is -2.40. The second kappa shape index (κ2) is 7.62. The van der Waals surface area contributed by atoms with Crippen LogP contribution < -0.4 is 15.5 Å². The van der Waals surface area contributed by atoms with Gasteiger partial charge in [-0.15, -0.1) is 0 Å². The molecule has 5 nitrogen and oxygen atoms in total. The highest BCUT2D eigenvalue weighted by atomic mass is 16.2. The first-order valence-corrected chi connectivity index (χ1v) is 8.08. The second-order valence-corrected chi connectivity index (χ2v) is 6.11. The molecule has 1 aliphatic heterocycles. The Kier molecular flexibility index (Phi) is 5.83. The molecular weight excluding hydrogens is 254 g/mol. The van der Waals surface area contributed by atoms with E-state index < -0.39 is 0 Å². The first kappa shape index (κ1) is 15.3. The lowest BCUT2D eigenvalue weighted by Crippen LogP contribution is -3.18. The Morgan fingerprint density at radius 2 is 1.80 bits per heavy atom. The van der Waals surface area contributed by atoms with Gasteiger partial charge in [-0.2, -0.15) is 0 Å². The van der Waals surface area contributed by atoms with Crippen LogP contribution >= 0.6 is 0 Å². The van der Waals surface area contributed by atoms with Crippen molar-refractivity contribution in [2.45, 2.75) is 51.5 Å². The predicted octanol–water partition coefficient (Wildman–Crippen LogP) is -0.524. The molecule has 1 heterocycles. The summed E-state index contributed by atoms with van der Waals surface area (Å²) in [7, 11) is 0. The van der Waals surface area contributed by atoms with Gasteiger partial charge in [-0.05, 0) is 39.0 Å². The molecule has 1 saturated carbocycles. The number of likely N-dealkylation sites (N-methyl/N-ethyl adjacent to an activating group) is 1. The fourth-order valence-electron chi connectivity index (χ4n) is 3.79. The van der Waals surface area contributed by atoms with E-state index in [0.717, 1.165) is 12.5 Å². The van der Waals surface area contributed by atoms with Crippen LogP contribution in [0, 0.1) is 5.92 Å². The van der Waals surface area contributed by atoms with Gasteiger partial charge in [0.05, 0.1) is 19.1 Å². The average Bonchev–Trinajstić information content (AvgIpc) is 2.46. The van der Waals surface area contributed by atoms with Crippen LogP contribution in [0.3, 0.4) is 0 Å². The molecule has 0 aromatic carbocycles. The molecule has 1 aliphatic carbocycles. The molecule has 0 aromatic heterocycles. The van der Waals surface area contributed by atoms with Crippen LogP contribution in [0.25, 0.3) is 0 Å². The Morgan fingerprint density at radius 1 is 1.05 bits per heavy atom. The minimum atomic E-state index is -0.106. The molecule has 3 N–H and O–H groups in total. The molecule has 2 amide bonds. The average molecular weight is 282 g/mol. The summed E-state index contributed by atoms with van der Waals surface area (Å²) in [5.41, 5.74) is 0. The molecule has 2 rings (SSSR count). The number of piperidine rings is 1. The van der Waals surface area contributed by atoms with Gasteiger partial charge in [-0.25, -0.2) is 0 Å². The number of hydrogen-bond donors (Lipinski definition) is 3. The Bertz CT molecular complexity index is 344. The van der Waals surface area contributed by atoms with Crippen LogP contribution in [0.15, 0.2) is 0 Å². The number of nitrogens with one attached hydrogen (secondary N) is 3. The molecule has 114 valence electrons. The number of carbonyl (C=O) groups is 2. The highest BCUT2D eigenvalue weighted by Gasteiger charge is 2.37. The standard InChI is InChI=1S/C15H27N3O2/c1-2-16-14(19)10-17-15(20)11-18-9-5-7-12-6-3-4-8-13(12)18/h12-13H,2-11H2,1H3,(H,16,19)(H,17,20)/p+1/t12-,13+/m1/s1. The molecule has 3 atom stereocenters. The first-order chi connectivity index (χ1) is 9.70. The molecule has 1 unspecified atom stereocenters. The van der Waals surface area contributed by atoms with Crippen LogP contribution in [0.2, 0.25) is 0 Å². The van der Waals surface area contributed by atoms with Crippen molar-refractivity contribution >= 4 is 11.8 Å². The molecule has 0 bridgehead atoms. The number of amides is 2.